The highest BCUT2D eigenvalue weighted by Gasteiger charge is 2.26. The van der Waals surface area contributed by atoms with Crippen LogP contribution in [0.25, 0.3) is 0 Å². The van der Waals surface area contributed by atoms with E-state index in [9.17, 15) is 4.79 Å². The smallest absolute Gasteiger partial charge is 0.240 e. The van der Waals surface area contributed by atoms with Gasteiger partial charge in [0.15, 0.2) is 11.0 Å². The molecule has 1 aliphatic heterocycles. The van der Waals surface area contributed by atoms with Gasteiger partial charge < -0.3 is 10.1 Å². The topological polar surface area (TPSA) is 96.0 Å². The molecule has 8 nitrogen and oxygen atoms in total. The first-order valence-electron chi connectivity index (χ1n) is 8.18. The second-order valence-electron chi connectivity index (χ2n) is 6.16. The first kappa shape index (κ1) is 15.7. The number of aromatic nitrogens is 4. The number of anilines is 1. The lowest BCUT2D eigenvalue weighted by Gasteiger charge is -2.30. The minimum Gasteiger partial charge on any atom is -0.367 e. The molecular weight excluding hydrogens is 328 g/mol. The highest BCUT2D eigenvalue weighted by atomic mass is 32.1. The highest BCUT2D eigenvalue weighted by molar-refractivity contribution is 7.15. The molecule has 1 aliphatic carbocycles. The van der Waals surface area contributed by atoms with Crippen molar-refractivity contribution in [1.29, 1.82) is 0 Å². The number of nitrogens with zero attached hydrogens (tertiary/aromatic N) is 4. The SMILES string of the molecule is Cc1nc([C@@H]2CN(CC(=O)Nc3nc4c(s3)CCC4)CCO2)n[nH]1. The van der Waals surface area contributed by atoms with E-state index in [1.54, 1.807) is 11.3 Å². The van der Waals surface area contributed by atoms with E-state index in [0.717, 1.165) is 36.0 Å². The third kappa shape index (κ3) is 3.33. The Bertz CT molecular complexity index is 721. The molecule has 1 atom stereocenters. The van der Waals surface area contributed by atoms with Gasteiger partial charge in [-0.1, -0.05) is 0 Å². The van der Waals surface area contributed by atoms with E-state index in [1.807, 2.05) is 6.92 Å². The molecule has 2 N–H and O–H groups in total. The van der Waals surface area contributed by atoms with E-state index in [2.05, 4.69) is 30.4 Å². The zero-order valence-electron chi connectivity index (χ0n) is 13.5. The molecule has 1 fully saturated rings. The molecule has 128 valence electrons. The third-order valence-corrected chi connectivity index (χ3v) is 5.34. The maximum Gasteiger partial charge on any atom is 0.240 e. The molecule has 4 rings (SSSR count). The molecule has 2 aliphatic rings. The number of aryl methyl sites for hydroxylation is 3. The van der Waals surface area contributed by atoms with Crippen LogP contribution >= 0.6 is 11.3 Å². The predicted molar refractivity (Wildman–Crippen MR) is 89.0 cm³/mol. The summed E-state index contributed by atoms with van der Waals surface area (Å²) in [6.07, 6.45) is 3.10. The van der Waals surface area contributed by atoms with Crippen LogP contribution in [0.3, 0.4) is 0 Å². The molecule has 3 heterocycles. The van der Waals surface area contributed by atoms with E-state index in [4.69, 9.17) is 4.74 Å². The molecule has 0 bridgehead atoms. The predicted octanol–water partition coefficient (Wildman–Crippen LogP) is 1.07. The monoisotopic (exact) mass is 348 g/mol. The summed E-state index contributed by atoms with van der Waals surface area (Å²) in [6.45, 7) is 4.08. The number of aromatic amines is 1. The van der Waals surface area contributed by atoms with Crippen molar-refractivity contribution in [2.45, 2.75) is 32.3 Å². The summed E-state index contributed by atoms with van der Waals surface area (Å²) >= 11 is 1.60. The Kier molecular flexibility index (Phi) is 4.30. The van der Waals surface area contributed by atoms with Crippen molar-refractivity contribution in [2.75, 3.05) is 31.6 Å². The van der Waals surface area contributed by atoms with Crippen molar-refractivity contribution in [3.63, 3.8) is 0 Å². The van der Waals surface area contributed by atoms with Gasteiger partial charge in [0.2, 0.25) is 5.91 Å². The normalized spacial score (nSPS) is 21.0. The largest absolute Gasteiger partial charge is 0.367 e. The molecule has 1 amide bonds. The van der Waals surface area contributed by atoms with Gasteiger partial charge in [-0.3, -0.25) is 14.8 Å². The molecular formula is C15H20N6O2S. The maximum atomic E-state index is 12.3. The van der Waals surface area contributed by atoms with Crippen LogP contribution < -0.4 is 5.32 Å². The summed E-state index contributed by atoms with van der Waals surface area (Å²) in [6, 6.07) is 0. The van der Waals surface area contributed by atoms with Gasteiger partial charge in [-0.2, -0.15) is 5.10 Å². The van der Waals surface area contributed by atoms with Crippen LogP contribution in [0.1, 0.15) is 34.7 Å². The number of nitrogens with one attached hydrogen (secondary N) is 2. The van der Waals surface area contributed by atoms with Gasteiger partial charge >= 0.3 is 0 Å². The Hall–Kier alpha value is -1.84. The molecule has 0 spiro atoms. The van der Waals surface area contributed by atoms with Crippen LogP contribution in [0.4, 0.5) is 5.13 Å². The van der Waals surface area contributed by atoms with Crippen LogP contribution in [-0.4, -0.2) is 57.2 Å². The number of fused-ring (bicyclic) bond motifs is 1. The summed E-state index contributed by atoms with van der Waals surface area (Å²) < 4.78 is 5.72. The van der Waals surface area contributed by atoms with Gasteiger partial charge in [0.05, 0.1) is 18.8 Å². The van der Waals surface area contributed by atoms with Crippen LogP contribution in [0.15, 0.2) is 0 Å². The van der Waals surface area contributed by atoms with E-state index in [1.165, 1.54) is 11.3 Å². The zero-order chi connectivity index (χ0) is 16.5. The molecule has 9 heteroatoms. The van der Waals surface area contributed by atoms with Gasteiger partial charge in [-0.25, -0.2) is 9.97 Å². The van der Waals surface area contributed by atoms with Gasteiger partial charge in [0.25, 0.3) is 0 Å². The van der Waals surface area contributed by atoms with Crippen molar-refractivity contribution in [3.8, 4) is 0 Å². The summed E-state index contributed by atoms with van der Waals surface area (Å²) in [5, 5.41) is 10.6. The Labute approximate surface area is 143 Å². The fraction of sp³-hybridized carbons (Fsp3) is 0.600. The molecule has 0 unspecified atom stereocenters. The number of thiazole rings is 1. The lowest BCUT2D eigenvalue weighted by Crippen LogP contribution is -2.42. The van der Waals surface area contributed by atoms with Gasteiger partial charge in [-0.05, 0) is 26.2 Å². The van der Waals surface area contributed by atoms with Gasteiger partial charge in [0.1, 0.15) is 11.9 Å². The maximum absolute atomic E-state index is 12.3. The minimum absolute atomic E-state index is 0.0331. The molecule has 0 radical (unpaired) electrons. The molecule has 24 heavy (non-hydrogen) atoms. The molecule has 0 aromatic carbocycles. The summed E-state index contributed by atoms with van der Waals surface area (Å²) in [5.74, 6) is 1.38. The van der Waals surface area contributed by atoms with Crippen molar-refractivity contribution in [2.24, 2.45) is 0 Å². The summed E-state index contributed by atoms with van der Waals surface area (Å²) in [4.78, 5) is 24.5. The minimum atomic E-state index is -0.194. The average molecular weight is 348 g/mol. The average Bonchev–Trinajstić information content (AvgIpc) is 3.23. The first-order valence-corrected chi connectivity index (χ1v) is 9.00. The van der Waals surface area contributed by atoms with Crippen molar-refractivity contribution < 1.29 is 9.53 Å². The molecule has 0 saturated carbocycles. The zero-order valence-corrected chi connectivity index (χ0v) is 14.4. The number of ether oxygens (including phenoxy) is 1. The lowest BCUT2D eigenvalue weighted by molar-refractivity contribution is -0.119. The third-order valence-electron chi connectivity index (χ3n) is 4.26. The van der Waals surface area contributed by atoms with E-state index < -0.39 is 0 Å². The molecule has 2 aromatic heterocycles. The number of rotatable bonds is 4. The fourth-order valence-electron chi connectivity index (χ4n) is 3.11. The number of H-pyrrole nitrogens is 1. The Balaban J connectivity index is 1.33. The Morgan fingerprint density at radius 1 is 1.46 bits per heavy atom. The van der Waals surface area contributed by atoms with Gasteiger partial charge in [0, 0.05) is 18.0 Å². The van der Waals surface area contributed by atoms with Crippen molar-refractivity contribution in [3.05, 3.63) is 22.2 Å². The van der Waals surface area contributed by atoms with Crippen molar-refractivity contribution >= 4 is 22.4 Å². The van der Waals surface area contributed by atoms with Crippen LogP contribution in [0.5, 0.6) is 0 Å². The lowest BCUT2D eigenvalue weighted by atomic mass is 10.2. The highest BCUT2D eigenvalue weighted by Crippen LogP contribution is 2.30. The molecule has 1 saturated heterocycles. The number of carbonyl (C=O) groups is 1. The summed E-state index contributed by atoms with van der Waals surface area (Å²) in [5.41, 5.74) is 1.15. The quantitative estimate of drug-likeness (QED) is 0.858. The second kappa shape index (κ2) is 6.58. The van der Waals surface area contributed by atoms with Crippen LogP contribution in [0.2, 0.25) is 0 Å². The number of carbonyl (C=O) groups excluding carboxylic acids is 1. The number of morpholine rings is 1. The molecule has 2 aromatic rings. The second-order valence-corrected chi connectivity index (χ2v) is 7.25. The first-order chi connectivity index (χ1) is 11.7. The number of hydrogen-bond acceptors (Lipinski definition) is 7. The Morgan fingerprint density at radius 3 is 3.17 bits per heavy atom. The number of amides is 1. The van der Waals surface area contributed by atoms with E-state index in [0.29, 0.717) is 25.5 Å². The van der Waals surface area contributed by atoms with Crippen LogP contribution in [-0.2, 0) is 22.4 Å². The van der Waals surface area contributed by atoms with E-state index in [-0.39, 0.29) is 12.0 Å². The van der Waals surface area contributed by atoms with E-state index >= 15 is 0 Å². The number of hydrogen-bond donors (Lipinski definition) is 2. The standard InChI is InChI=1S/C15H20N6O2S/c1-9-16-14(20-19-9)11-7-21(5-6-23-11)8-13(22)18-15-17-10-3-2-4-12(10)24-15/h11H,2-8H2,1H3,(H,16,19,20)(H,17,18,22)/t11-/m0/s1. The van der Waals surface area contributed by atoms with Crippen LogP contribution in [0, 0.1) is 6.92 Å². The Morgan fingerprint density at radius 2 is 2.38 bits per heavy atom. The van der Waals surface area contributed by atoms with Gasteiger partial charge in [-0.15, -0.1) is 11.3 Å². The van der Waals surface area contributed by atoms with Crippen molar-refractivity contribution in [1.82, 2.24) is 25.1 Å². The summed E-state index contributed by atoms with van der Waals surface area (Å²) in [7, 11) is 0. The fourth-order valence-corrected chi connectivity index (χ4v) is 4.18.